The highest BCUT2D eigenvalue weighted by Gasteiger charge is 2.14. The summed E-state index contributed by atoms with van der Waals surface area (Å²) in [6.45, 7) is 3.24. The number of nitrogens with zero attached hydrogens (tertiary/aromatic N) is 3. The van der Waals surface area contributed by atoms with Crippen LogP contribution in [0.25, 0.3) is 11.2 Å². The summed E-state index contributed by atoms with van der Waals surface area (Å²) in [5.41, 5.74) is -0.683. The molecule has 0 fully saturated rings. The van der Waals surface area contributed by atoms with Crippen LogP contribution >= 0.6 is 0 Å². The predicted molar refractivity (Wildman–Crippen MR) is 77.4 cm³/mol. The molecule has 21 heavy (non-hydrogen) atoms. The van der Waals surface area contributed by atoms with Crippen molar-refractivity contribution >= 4 is 21.2 Å². The third-order valence-electron chi connectivity index (χ3n) is 2.94. The fourth-order valence-corrected chi connectivity index (χ4v) is 2.63. The highest BCUT2D eigenvalue weighted by Crippen LogP contribution is 2.04. The van der Waals surface area contributed by atoms with Crippen molar-refractivity contribution in [2.24, 2.45) is 14.1 Å². The minimum Gasteiger partial charge on any atom is -0.335 e. The van der Waals surface area contributed by atoms with Gasteiger partial charge in [0.2, 0.25) is 10.0 Å². The molecule has 0 bridgehead atoms. The lowest BCUT2D eigenvalue weighted by atomic mass is 10.5. The van der Waals surface area contributed by atoms with Gasteiger partial charge >= 0.3 is 5.69 Å². The molecule has 2 rings (SSSR count). The van der Waals surface area contributed by atoms with E-state index in [2.05, 4.69) is 21.3 Å². The van der Waals surface area contributed by atoms with E-state index >= 15 is 0 Å². The second kappa shape index (κ2) is 5.30. The highest BCUT2D eigenvalue weighted by atomic mass is 32.2. The molecular formula is C11H15N5O4S. The smallest absolute Gasteiger partial charge is 0.332 e. The summed E-state index contributed by atoms with van der Waals surface area (Å²) in [5, 5.41) is 0. The van der Waals surface area contributed by atoms with Crippen LogP contribution in [0.2, 0.25) is 0 Å². The number of nitrogens with one attached hydrogen (secondary N) is 2. The fourth-order valence-electron chi connectivity index (χ4n) is 1.85. The first-order valence-electron chi connectivity index (χ1n) is 5.99. The van der Waals surface area contributed by atoms with E-state index in [0.29, 0.717) is 0 Å². The van der Waals surface area contributed by atoms with E-state index in [9.17, 15) is 18.0 Å². The van der Waals surface area contributed by atoms with E-state index in [0.717, 1.165) is 4.57 Å². The molecule has 2 N–H and O–H groups in total. The quantitative estimate of drug-likeness (QED) is 0.656. The van der Waals surface area contributed by atoms with Gasteiger partial charge in [-0.15, -0.1) is 6.58 Å². The normalized spacial score (nSPS) is 11.9. The van der Waals surface area contributed by atoms with Gasteiger partial charge in [-0.05, 0) is 0 Å². The molecule has 0 aliphatic heterocycles. The van der Waals surface area contributed by atoms with Crippen LogP contribution in [-0.4, -0.2) is 33.3 Å². The summed E-state index contributed by atoms with van der Waals surface area (Å²) in [6, 6.07) is 0. The van der Waals surface area contributed by atoms with Crippen LogP contribution in [0.5, 0.6) is 0 Å². The van der Waals surface area contributed by atoms with Crippen molar-refractivity contribution in [2.75, 3.05) is 5.75 Å². The molecular weight excluding hydrogens is 298 g/mol. The van der Waals surface area contributed by atoms with E-state index in [1.807, 2.05) is 0 Å². The molecule has 0 atom stereocenters. The van der Waals surface area contributed by atoms with Gasteiger partial charge < -0.3 is 4.98 Å². The largest absolute Gasteiger partial charge is 0.335 e. The molecule has 0 saturated carbocycles. The summed E-state index contributed by atoms with van der Waals surface area (Å²) in [4.78, 5) is 30.5. The number of H-pyrrole nitrogens is 1. The lowest BCUT2D eigenvalue weighted by molar-refractivity contribution is 0.583. The average Bonchev–Trinajstić information content (AvgIpc) is 2.85. The summed E-state index contributed by atoms with van der Waals surface area (Å²) >= 11 is 0. The molecule has 0 spiro atoms. The number of rotatable bonds is 5. The second-order valence-corrected chi connectivity index (χ2v) is 6.33. The zero-order valence-corrected chi connectivity index (χ0v) is 12.4. The van der Waals surface area contributed by atoms with Crippen molar-refractivity contribution < 1.29 is 8.42 Å². The number of aromatic nitrogens is 4. The van der Waals surface area contributed by atoms with E-state index in [4.69, 9.17) is 0 Å². The highest BCUT2D eigenvalue weighted by molar-refractivity contribution is 7.89. The third-order valence-corrected chi connectivity index (χ3v) is 4.20. The summed E-state index contributed by atoms with van der Waals surface area (Å²) in [6.07, 6.45) is 1.26. The molecule has 2 heterocycles. The van der Waals surface area contributed by atoms with Gasteiger partial charge in [-0.25, -0.2) is 22.9 Å². The van der Waals surface area contributed by atoms with Gasteiger partial charge in [-0.1, -0.05) is 6.08 Å². The van der Waals surface area contributed by atoms with Crippen molar-refractivity contribution in [3.8, 4) is 0 Å². The number of aromatic amines is 1. The minimum atomic E-state index is -3.48. The molecule has 0 saturated heterocycles. The average molecular weight is 313 g/mol. The van der Waals surface area contributed by atoms with Crippen molar-refractivity contribution in [1.29, 1.82) is 0 Å². The molecule has 0 aliphatic rings. The first kappa shape index (κ1) is 15.2. The van der Waals surface area contributed by atoms with Gasteiger partial charge in [0.25, 0.3) is 5.56 Å². The SMILES string of the molecule is C=CCS(=O)(=O)NCc1nc2c([nH]1)c(=O)n(C)c(=O)n2C. The van der Waals surface area contributed by atoms with Crippen LogP contribution in [0.15, 0.2) is 22.2 Å². The van der Waals surface area contributed by atoms with Crippen LogP contribution in [0.1, 0.15) is 5.82 Å². The van der Waals surface area contributed by atoms with Gasteiger partial charge in [0.05, 0.1) is 12.3 Å². The lowest BCUT2D eigenvalue weighted by Crippen LogP contribution is -2.36. The molecule has 10 heteroatoms. The monoisotopic (exact) mass is 313 g/mol. The molecule has 2 aromatic heterocycles. The fraction of sp³-hybridized carbons (Fsp3) is 0.364. The number of hydrogen-bond acceptors (Lipinski definition) is 5. The summed E-state index contributed by atoms with van der Waals surface area (Å²) in [5.74, 6) is 0.0314. The number of aryl methyl sites for hydroxylation is 1. The molecule has 0 radical (unpaired) electrons. The Labute approximate surface area is 120 Å². The first-order chi connectivity index (χ1) is 9.76. The molecule has 9 nitrogen and oxygen atoms in total. The number of sulfonamides is 1. The zero-order chi connectivity index (χ0) is 15.8. The first-order valence-corrected chi connectivity index (χ1v) is 7.65. The Kier molecular flexibility index (Phi) is 3.83. The Morgan fingerprint density at radius 3 is 2.62 bits per heavy atom. The Morgan fingerprint density at radius 2 is 2.00 bits per heavy atom. The Balaban J connectivity index is 2.43. The van der Waals surface area contributed by atoms with Crippen molar-refractivity contribution in [2.45, 2.75) is 6.54 Å². The second-order valence-electron chi connectivity index (χ2n) is 4.48. The van der Waals surface area contributed by atoms with Gasteiger partial charge in [0.15, 0.2) is 5.65 Å². The number of fused-ring (bicyclic) bond motifs is 1. The van der Waals surface area contributed by atoms with Crippen molar-refractivity contribution in [1.82, 2.24) is 23.8 Å². The maximum atomic E-state index is 11.9. The van der Waals surface area contributed by atoms with Crippen LogP contribution in [0.3, 0.4) is 0 Å². The van der Waals surface area contributed by atoms with E-state index in [1.165, 1.54) is 24.7 Å². The van der Waals surface area contributed by atoms with Crippen molar-refractivity contribution in [3.05, 3.63) is 39.3 Å². The van der Waals surface area contributed by atoms with Gasteiger partial charge in [0, 0.05) is 14.1 Å². The van der Waals surface area contributed by atoms with Gasteiger partial charge in [-0.2, -0.15) is 0 Å². The van der Waals surface area contributed by atoms with Crippen LogP contribution in [-0.2, 0) is 30.7 Å². The molecule has 0 unspecified atom stereocenters. The molecule has 0 amide bonds. The maximum absolute atomic E-state index is 11.9. The standard InChI is InChI=1S/C11H15N5O4S/c1-4-5-21(19,20)12-6-7-13-8-9(14-7)15(2)11(18)16(3)10(8)17/h4,12H,1,5-6H2,2-3H3,(H,13,14). The molecule has 0 aliphatic carbocycles. The molecule has 2 aromatic rings. The van der Waals surface area contributed by atoms with Crippen molar-refractivity contribution in [3.63, 3.8) is 0 Å². The summed E-state index contributed by atoms with van der Waals surface area (Å²) < 4.78 is 27.5. The van der Waals surface area contributed by atoms with E-state index in [-0.39, 0.29) is 29.3 Å². The number of hydrogen-bond donors (Lipinski definition) is 2. The van der Waals surface area contributed by atoms with Gasteiger partial charge in [-0.3, -0.25) is 13.9 Å². The zero-order valence-electron chi connectivity index (χ0n) is 11.6. The van der Waals surface area contributed by atoms with E-state index < -0.39 is 21.3 Å². The van der Waals surface area contributed by atoms with Crippen LogP contribution in [0.4, 0.5) is 0 Å². The molecule has 114 valence electrons. The Bertz CT molecular complexity index is 918. The lowest BCUT2D eigenvalue weighted by Gasteiger charge is -2.01. The van der Waals surface area contributed by atoms with Crippen LogP contribution in [0, 0.1) is 0 Å². The van der Waals surface area contributed by atoms with Crippen LogP contribution < -0.4 is 16.0 Å². The molecule has 0 aromatic carbocycles. The topological polar surface area (TPSA) is 119 Å². The Morgan fingerprint density at radius 1 is 1.33 bits per heavy atom. The third kappa shape index (κ3) is 2.81. The Hall–Kier alpha value is -2.20. The minimum absolute atomic E-state index is 0.109. The predicted octanol–water partition coefficient (Wildman–Crippen LogP) is -1.43. The van der Waals surface area contributed by atoms with E-state index in [1.54, 1.807) is 0 Å². The number of imidazole rings is 1. The summed E-state index contributed by atoms with van der Waals surface area (Å²) in [7, 11) is -0.642. The maximum Gasteiger partial charge on any atom is 0.332 e. The van der Waals surface area contributed by atoms with Gasteiger partial charge in [0.1, 0.15) is 11.3 Å².